The second-order valence-electron chi connectivity index (χ2n) is 10.6. The summed E-state index contributed by atoms with van der Waals surface area (Å²) >= 11 is 12.9. The van der Waals surface area contributed by atoms with Gasteiger partial charge in [0.15, 0.2) is 0 Å². The van der Waals surface area contributed by atoms with E-state index in [9.17, 15) is 18.0 Å². The highest BCUT2D eigenvalue weighted by Crippen LogP contribution is 2.29. The lowest BCUT2D eigenvalue weighted by molar-refractivity contribution is -0.139. The summed E-state index contributed by atoms with van der Waals surface area (Å²) in [6.45, 7) is 9.43. The zero-order valence-electron chi connectivity index (χ0n) is 24.7. The molecule has 0 bridgehead atoms. The maximum atomic E-state index is 14.1. The molecule has 0 saturated carbocycles. The number of nitrogens with one attached hydrogen (secondary N) is 1. The maximum Gasteiger partial charge on any atom is 0.264 e. The minimum atomic E-state index is -4.15. The Kier molecular flexibility index (Phi) is 11.9. The van der Waals surface area contributed by atoms with Gasteiger partial charge in [-0.3, -0.25) is 13.9 Å². The van der Waals surface area contributed by atoms with E-state index < -0.39 is 28.5 Å². The first-order valence-electron chi connectivity index (χ1n) is 14.1. The van der Waals surface area contributed by atoms with Crippen molar-refractivity contribution in [3.05, 3.63) is 93.5 Å². The molecule has 226 valence electrons. The summed E-state index contributed by atoms with van der Waals surface area (Å²) in [5.74, 6) is -0.687. The minimum Gasteiger partial charge on any atom is -0.354 e. The van der Waals surface area contributed by atoms with E-state index >= 15 is 0 Å². The second-order valence-corrected chi connectivity index (χ2v) is 13.3. The summed E-state index contributed by atoms with van der Waals surface area (Å²) in [4.78, 5) is 28.6. The fourth-order valence-electron chi connectivity index (χ4n) is 4.36. The van der Waals surface area contributed by atoms with Gasteiger partial charge < -0.3 is 10.2 Å². The fraction of sp³-hybridized carbons (Fsp3) is 0.375. The van der Waals surface area contributed by atoms with Crippen LogP contribution in [0.5, 0.6) is 0 Å². The Bertz CT molecular complexity index is 1460. The Labute approximate surface area is 259 Å². The smallest absolute Gasteiger partial charge is 0.264 e. The van der Waals surface area contributed by atoms with Gasteiger partial charge in [-0.25, -0.2) is 8.42 Å². The van der Waals surface area contributed by atoms with E-state index in [1.54, 1.807) is 49.4 Å². The SMILES string of the molecule is CCCCNC(=O)[C@H](C)N(Cc1c(Cl)cccc1Cl)C(=O)CN(c1ccc(C(C)C)cc1)S(=O)(=O)c1ccc(C)cc1. The van der Waals surface area contributed by atoms with Crippen molar-refractivity contribution < 1.29 is 18.0 Å². The Hall–Kier alpha value is -3.07. The Balaban J connectivity index is 2.05. The van der Waals surface area contributed by atoms with Gasteiger partial charge in [0, 0.05) is 28.7 Å². The van der Waals surface area contributed by atoms with Crippen LogP contribution < -0.4 is 9.62 Å². The van der Waals surface area contributed by atoms with Gasteiger partial charge >= 0.3 is 0 Å². The zero-order chi connectivity index (χ0) is 31.0. The molecule has 1 N–H and O–H groups in total. The Morgan fingerprint density at radius 2 is 1.50 bits per heavy atom. The molecule has 0 unspecified atom stereocenters. The van der Waals surface area contributed by atoms with Crippen LogP contribution >= 0.6 is 23.2 Å². The first kappa shape index (κ1) is 33.4. The molecule has 0 fully saturated rings. The monoisotopic (exact) mass is 631 g/mol. The van der Waals surface area contributed by atoms with Gasteiger partial charge in [0.2, 0.25) is 11.8 Å². The molecule has 0 aliphatic carbocycles. The first-order chi connectivity index (χ1) is 19.9. The zero-order valence-corrected chi connectivity index (χ0v) is 27.1. The van der Waals surface area contributed by atoms with Crippen LogP contribution in [0.25, 0.3) is 0 Å². The molecule has 0 radical (unpaired) electrons. The summed E-state index contributed by atoms with van der Waals surface area (Å²) in [5.41, 5.74) is 2.74. The molecule has 0 aliphatic heterocycles. The third-order valence-electron chi connectivity index (χ3n) is 7.12. The van der Waals surface area contributed by atoms with E-state index in [1.807, 2.05) is 39.8 Å². The molecule has 0 saturated heterocycles. The predicted octanol–water partition coefficient (Wildman–Crippen LogP) is 6.95. The number of halogens is 2. The number of amides is 2. The standard InChI is InChI=1S/C32H39Cl2N3O4S/c1-6-7-19-35-32(39)24(5)36(20-28-29(33)9-8-10-30(28)34)31(38)21-37(26-15-13-25(14-16-26)22(2)3)42(40,41)27-17-11-23(4)12-18-27/h8-18,22,24H,6-7,19-21H2,1-5H3,(H,35,39)/t24-/m0/s1. The number of unbranched alkanes of at least 4 members (excludes halogenated alkanes) is 1. The minimum absolute atomic E-state index is 0.0555. The predicted molar refractivity (Wildman–Crippen MR) is 171 cm³/mol. The van der Waals surface area contributed by atoms with E-state index in [0.29, 0.717) is 27.8 Å². The molecule has 3 aromatic rings. The summed E-state index contributed by atoms with van der Waals surface area (Å²) in [6.07, 6.45) is 1.69. The van der Waals surface area contributed by atoms with E-state index in [2.05, 4.69) is 5.32 Å². The van der Waals surface area contributed by atoms with E-state index in [1.165, 1.54) is 17.0 Å². The lowest BCUT2D eigenvalue weighted by atomic mass is 10.0. The lowest BCUT2D eigenvalue weighted by Gasteiger charge is -2.32. The van der Waals surface area contributed by atoms with Gasteiger partial charge in [0.1, 0.15) is 12.6 Å². The molecule has 2 amide bonds. The summed E-state index contributed by atoms with van der Waals surface area (Å²) in [5, 5.41) is 3.55. The van der Waals surface area contributed by atoms with Crippen molar-refractivity contribution >= 4 is 50.7 Å². The third kappa shape index (κ3) is 8.27. The van der Waals surface area contributed by atoms with Crippen molar-refractivity contribution in [3.8, 4) is 0 Å². The normalized spacial score (nSPS) is 12.2. The largest absolute Gasteiger partial charge is 0.354 e. The number of hydrogen-bond acceptors (Lipinski definition) is 4. The van der Waals surface area contributed by atoms with E-state index in [4.69, 9.17) is 23.2 Å². The Morgan fingerprint density at radius 3 is 2.05 bits per heavy atom. The average Bonchev–Trinajstić information content (AvgIpc) is 2.95. The highest BCUT2D eigenvalue weighted by molar-refractivity contribution is 7.92. The fourth-order valence-corrected chi connectivity index (χ4v) is 6.30. The van der Waals surface area contributed by atoms with Crippen LogP contribution in [0.1, 0.15) is 63.1 Å². The van der Waals surface area contributed by atoms with Crippen molar-refractivity contribution in [2.75, 3.05) is 17.4 Å². The molecule has 0 heterocycles. The highest BCUT2D eigenvalue weighted by Gasteiger charge is 2.33. The number of nitrogens with zero attached hydrogens (tertiary/aromatic N) is 2. The summed E-state index contributed by atoms with van der Waals surface area (Å²) < 4.78 is 29.1. The highest BCUT2D eigenvalue weighted by atomic mass is 35.5. The van der Waals surface area contributed by atoms with Gasteiger partial charge in [-0.1, -0.05) is 86.3 Å². The van der Waals surface area contributed by atoms with Crippen molar-refractivity contribution in [2.24, 2.45) is 0 Å². The summed E-state index contributed by atoms with van der Waals surface area (Å²) in [7, 11) is -4.15. The van der Waals surface area contributed by atoms with Crippen LogP contribution in [0.2, 0.25) is 10.0 Å². The third-order valence-corrected chi connectivity index (χ3v) is 9.62. The van der Waals surface area contributed by atoms with Gasteiger partial charge in [-0.15, -0.1) is 0 Å². The molecule has 0 aromatic heterocycles. The van der Waals surface area contributed by atoms with Gasteiger partial charge in [-0.2, -0.15) is 0 Å². The van der Waals surface area contributed by atoms with Crippen LogP contribution in [0, 0.1) is 6.92 Å². The molecular weight excluding hydrogens is 593 g/mol. The van der Waals surface area contributed by atoms with Crippen molar-refractivity contribution in [2.45, 2.75) is 70.9 Å². The molecule has 42 heavy (non-hydrogen) atoms. The number of carbonyl (C=O) groups excluding carboxylic acids is 2. The maximum absolute atomic E-state index is 14.1. The van der Waals surface area contributed by atoms with Crippen LogP contribution in [-0.4, -0.2) is 44.3 Å². The molecular formula is C32H39Cl2N3O4S. The van der Waals surface area contributed by atoms with Gasteiger partial charge in [0.05, 0.1) is 10.6 Å². The van der Waals surface area contributed by atoms with Crippen LogP contribution in [0.3, 0.4) is 0 Å². The number of benzene rings is 3. The number of carbonyl (C=O) groups is 2. The van der Waals surface area contributed by atoms with Crippen LogP contribution in [0.4, 0.5) is 5.69 Å². The molecule has 0 spiro atoms. The number of rotatable bonds is 13. The summed E-state index contributed by atoms with van der Waals surface area (Å²) in [6, 6.07) is 17.7. The van der Waals surface area contributed by atoms with Crippen LogP contribution in [0.15, 0.2) is 71.6 Å². The first-order valence-corrected chi connectivity index (χ1v) is 16.3. The van der Waals surface area contributed by atoms with Crippen molar-refractivity contribution in [1.82, 2.24) is 10.2 Å². The average molecular weight is 633 g/mol. The molecule has 1 atom stereocenters. The lowest BCUT2D eigenvalue weighted by Crippen LogP contribution is -2.51. The van der Waals surface area contributed by atoms with E-state index in [-0.39, 0.29) is 23.3 Å². The number of anilines is 1. The molecule has 3 rings (SSSR count). The molecule has 7 nitrogen and oxygen atoms in total. The number of sulfonamides is 1. The molecule has 10 heteroatoms. The topological polar surface area (TPSA) is 86.8 Å². The second kappa shape index (κ2) is 14.9. The Morgan fingerprint density at radius 1 is 0.905 bits per heavy atom. The number of hydrogen-bond donors (Lipinski definition) is 1. The quantitative estimate of drug-likeness (QED) is 0.207. The number of aryl methyl sites for hydroxylation is 1. The van der Waals surface area contributed by atoms with Crippen molar-refractivity contribution in [3.63, 3.8) is 0 Å². The van der Waals surface area contributed by atoms with Gasteiger partial charge in [-0.05, 0) is 68.1 Å². The van der Waals surface area contributed by atoms with E-state index in [0.717, 1.165) is 28.3 Å². The van der Waals surface area contributed by atoms with Crippen molar-refractivity contribution in [1.29, 1.82) is 0 Å². The molecule has 0 aliphatic rings. The van der Waals surface area contributed by atoms with Gasteiger partial charge in [0.25, 0.3) is 10.0 Å². The van der Waals surface area contributed by atoms with Crippen LogP contribution in [-0.2, 0) is 26.2 Å². The molecule has 3 aromatic carbocycles.